The number of aromatic nitrogens is 1. The number of fused-ring (bicyclic) bond motifs is 1. The zero-order valence-electron chi connectivity index (χ0n) is 33.6. The van der Waals surface area contributed by atoms with E-state index in [1.54, 1.807) is 54.7 Å². The smallest absolute Gasteiger partial charge is 0.325 e. The standard InChI is InChI=1S/C48H48N6O7/c1-31(48(60)61)50-45(57)40(27-32-13-5-2-6-14-32)53-46(58)41(28-33-21-23-35(24-22-33)34-15-7-3-8-16-34)54-47(59)42(29-36-30-49-39-20-12-11-19-38(36)39)52-44(56)26-25-43(55)51-37-17-9-4-10-18-37/h2-24,30-31,40-42,49H,25-29H2,1H3,(H,50,57)(H,51,55)(H,52,56)(H,53,58)(H,54,59)(H,60,61)/t31-,40+,41-,42+/m0/s1. The van der Waals surface area contributed by atoms with E-state index in [9.17, 15) is 33.9 Å². The molecule has 6 aromatic rings. The van der Waals surface area contributed by atoms with E-state index in [0.29, 0.717) is 16.8 Å². The van der Waals surface area contributed by atoms with Crippen LogP contribution in [0.3, 0.4) is 0 Å². The van der Waals surface area contributed by atoms with Crippen molar-refractivity contribution in [1.29, 1.82) is 0 Å². The molecule has 0 radical (unpaired) electrons. The summed E-state index contributed by atoms with van der Waals surface area (Å²) < 4.78 is 0. The minimum atomic E-state index is -1.25. The highest BCUT2D eigenvalue weighted by Crippen LogP contribution is 2.22. The topological polar surface area (TPSA) is 199 Å². The Morgan fingerprint density at radius 2 is 1.02 bits per heavy atom. The van der Waals surface area contributed by atoms with Crippen LogP contribution in [-0.4, -0.2) is 69.8 Å². The summed E-state index contributed by atoms with van der Waals surface area (Å²) in [6.07, 6.45) is 1.49. The number of hydrogen-bond donors (Lipinski definition) is 7. The average molecular weight is 821 g/mol. The molecule has 7 N–H and O–H groups in total. The molecule has 1 aromatic heterocycles. The molecule has 0 fully saturated rings. The van der Waals surface area contributed by atoms with Crippen molar-refractivity contribution in [3.05, 3.63) is 162 Å². The van der Waals surface area contributed by atoms with Gasteiger partial charge in [0, 0.05) is 54.9 Å². The summed E-state index contributed by atoms with van der Waals surface area (Å²) >= 11 is 0. The first kappa shape index (κ1) is 43.0. The third kappa shape index (κ3) is 12.5. The molecule has 1 heterocycles. The van der Waals surface area contributed by atoms with E-state index in [2.05, 4.69) is 31.6 Å². The fourth-order valence-corrected chi connectivity index (χ4v) is 6.86. The summed E-state index contributed by atoms with van der Waals surface area (Å²) in [5.74, 6) is -4.26. The molecular weight excluding hydrogens is 773 g/mol. The van der Waals surface area contributed by atoms with Crippen molar-refractivity contribution in [1.82, 2.24) is 26.3 Å². The van der Waals surface area contributed by atoms with Crippen molar-refractivity contribution >= 4 is 52.1 Å². The van der Waals surface area contributed by atoms with Gasteiger partial charge >= 0.3 is 5.97 Å². The molecule has 0 saturated carbocycles. The van der Waals surface area contributed by atoms with E-state index >= 15 is 0 Å². The number of aliphatic carboxylic acids is 1. The Balaban J connectivity index is 1.26. The number of nitrogens with one attached hydrogen (secondary N) is 6. The maximum absolute atomic E-state index is 14.5. The lowest BCUT2D eigenvalue weighted by Crippen LogP contribution is -2.58. The molecule has 0 spiro atoms. The molecule has 0 aliphatic carbocycles. The highest BCUT2D eigenvalue weighted by molar-refractivity contribution is 5.97. The summed E-state index contributed by atoms with van der Waals surface area (Å²) in [4.78, 5) is 83.4. The number of carboxylic acids is 1. The number of carboxylic acid groups (broad SMARTS) is 1. The Morgan fingerprint density at radius 1 is 0.525 bits per heavy atom. The van der Waals surface area contributed by atoms with Gasteiger partial charge in [0.1, 0.15) is 24.2 Å². The van der Waals surface area contributed by atoms with E-state index in [1.807, 2.05) is 91.0 Å². The highest BCUT2D eigenvalue weighted by Gasteiger charge is 2.32. The first-order valence-electron chi connectivity index (χ1n) is 20.0. The number of hydrogen-bond acceptors (Lipinski definition) is 6. The van der Waals surface area contributed by atoms with Crippen molar-refractivity contribution in [2.45, 2.75) is 63.2 Å². The monoisotopic (exact) mass is 820 g/mol. The van der Waals surface area contributed by atoms with Crippen LogP contribution in [-0.2, 0) is 48.0 Å². The zero-order chi connectivity index (χ0) is 43.1. The number of carbonyl (C=O) groups excluding carboxylic acids is 5. The second-order valence-corrected chi connectivity index (χ2v) is 14.7. The molecule has 6 rings (SSSR count). The van der Waals surface area contributed by atoms with Crippen LogP contribution in [0.25, 0.3) is 22.0 Å². The Bertz CT molecular complexity index is 2440. The number of rotatable bonds is 19. The minimum absolute atomic E-state index is 0.00522. The SMILES string of the molecule is C[C@H](NC(=O)[C@@H](Cc1ccccc1)NC(=O)[C@H](Cc1ccc(-c2ccccc2)cc1)NC(=O)[C@@H](Cc1c[nH]c2ccccc12)NC(=O)CCC(=O)Nc1ccccc1)C(=O)O. The highest BCUT2D eigenvalue weighted by atomic mass is 16.4. The van der Waals surface area contributed by atoms with Gasteiger partial charge in [0.2, 0.25) is 29.5 Å². The largest absolute Gasteiger partial charge is 0.480 e. The van der Waals surface area contributed by atoms with Crippen LogP contribution in [0.2, 0.25) is 0 Å². The Hall–Kier alpha value is -7.54. The molecular formula is C48H48N6O7. The predicted molar refractivity (Wildman–Crippen MR) is 233 cm³/mol. The quantitative estimate of drug-likeness (QED) is 0.0573. The van der Waals surface area contributed by atoms with Crippen molar-refractivity contribution in [3.8, 4) is 11.1 Å². The summed E-state index contributed by atoms with van der Waals surface area (Å²) in [5, 5.41) is 24.0. The molecule has 4 atom stereocenters. The Morgan fingerprint density at radius 3 is 1.64 bits per heavy atom. The number of para-hydroxylation sites is 2. The van der Waals surface area contributed by atoms with Gasteiger partial charge in [0.25, 0.3) is 0 Å². The molecule has 0 unspecified atom stereocenters. The van der Waals surface area contributed by atoms with E-state index in [0.717, 1.165) is 27.6 Å². The first-order valence-corrected chi connectivity index (χ1v) is 20.0. The normalized spacial score (nSPS) is 12.9. The van der Waals surface area contributed by atoms with E-state index in [4.69, 9.17) is 0 Å². The van der Waals surface area contributed by atoms with Gasteiger partial charge in [-0.15, -0.1) is 0 Å². The predicted octanol–water partition coefficient (Wildman–Crippen LogP) is 5.33. The van der Waals surface area contributed by atoms with E-state index in [1.165, 1.54) is 6.92 Å². The molecule has 5 aromatic carbocycles. The number of amides is 5. The van der Waals surface area contributed by atoms with E-state index in [-0.39, 0.29) is 38.0 Å². The second kappa shape index (κ2) is 20.9. The lowest BCUT2D eigenvalue weighted by molar-refractivity contribution is -0.141. The molecule has 5 amide bonds. The first-order chi connectivity index (χ1) is 29.5. The van der Waals surface area contributed by atoms with Crippen LogP contribution in [0.15, 0.2) is 146 Å². The van der Waals surface area contributed by atoms with E-state index < -0.39 is 53.8 Å². The van der Waals surface area contributed by atoms with Gasteiger partial charge in [-0.05, 0) is 52.9 Å². The maximum atomic E-state index is 14.5. The van der Waals surface area contributed by atoms with Gasteiger partial charge in [-0.1, -0.05) is 121 Å². The third-order valence-electron chi connectivity index (χ3n) is 10.2. The lowest BCUT2D eigenvalue weighted by atomic mass is 9.98. The van der Waals surface area contributed by atoms with Gasteiger partial charge < -0.3 is 36.7 Å². The van der Waals surface area contributed by atoms with Gasteiger partial charge in [0.15, 0.2) is 0 Å². The molecule has 0 aliphatic heterocycles. The molecule has 0 bridgehead atoms. The third-order valence-corrected chi connectivity index (χ3v) is 10.2. The van der Waals surface area contributed by atoms with Crippen molar-refractivity contribution in [2.75, 3.05) is 5.32 Å². The Labute approximate surface area is 353 Å². The van der Waals surface area contributed by atoms with Crippen LogP contribution in [0.4, 0.5) is 5.69 Å². The number of anilines is 1. The van der Waals surface area contributed by atoms with Crippen LogP contribution < -0.4 is 26.6 Å². The average Bonchev–Trinajstić information content (AvgIpc) is 3.68. The number of H-pyrrole nitrogens is 1. The van der Waals surface area contributed by atoms with Gasteiger partial charge in [-0.25, -0.2) is 0 Å². The number of benzene rings is 5. The minimum Gasteiger partial charge on any atom is -0.480 e. The van der Waals surface area contributed by atoms with Crippen LogP contribution in [0, 0.1) is 0 Å². The summed E-state index contributed by atoms with van der Waals surface area (Å²) in [5.41, 5.74) is 5.51. The van der Waals surface area contributed by atoms with Crippen LogP contribution in [0.5, 0.6) is 0 Å². The fraction of sp³-hybridized carbons (Fsp3) is 0.208. The maximum Gasteiger partial charge on any atom is 0.325 e. The van der Waals surface area contributed by atoms with Crippen LogP contribution in [0.1, 0.15) is 36.5 Å². The van der Waals surface area contributed by atoms with Crippen molar-refractivity contribution < 1.29 is 33.9 Å². The molecule has 0 saturated heterocycles. The van der Waals surface area contributed by atoms with Gasteiger partial charge in [-0.2, -0.15) is 0 Å². The molecule has 61 heavy (non-hydrogen) atoms. The van der Waals surface area contributed by atoms with Crippen molar-refractivity contribution in [2.24, 2.45) is 0 Å². The molecule has 13 nitrogen and oxygen atoms in total. The van der Waals surface area contributed by atoms with Crippen LogP contribution >= 0.6 is 0 Å². The van der Waals surface area contributed by atoms with Gasteiger partial charge in [-0.3, -0.25) is 28.8 Å². The van der Waals surface area contributed by atoms with Gasteiger partial charge in [0.05, 0.1) is 0 Å². The molecule has 312 valence electrons. The zero-order valence-corrected chi connectivity index (χ0v) is 33.6. The molecule has 0 aliphatic rings. The Kier molecular flexibility index (Phi) is 14.8. The number of aromatic amines is 1. The second-order valence-electron chi connectivity index (χ2n) is 14.7. The summed E-state index contributed by atoms with van der Waals surface area (Å²) in [7, 11) is 0. The fourth-order valence-electron chi connectivity index (χ4n) is 6.86. The summed E-state index contributed by atoms with van der Waals surface area (Å²) in [6, 6.07) is 37.7. The number of carbonyl (C=O) groups is 6. The summed E-state index contributed by atoms with van der Waals surface area (Å²) in [6.45, 7) is 1.32. The van der Waals surface area contributed by atoms with Crippen molar-refractivity contribution in [3.63, 3.8) is 0 Å². The molecule has 13 heteroatoms. The lowest BCUT2D eigenvalue weighted by Gasteiger charge is -2.26.